The van der Waals surface area contributed by atoms with E-state index >= 15 is 0 Å². The Morgan fingerprint density at radius 2 is 1.89 bits per heavy atom. The molecule has 0 atom stereocenters. The lowest BCUT2D eigenvalue weighted by molar-refractivity contribution is -0.385. The topological polar surface area (TPSA) is 43.1 Å². The van der Waals surface area contributed by atoms with Gasteiger partial charge in [-0.2, -0.15) is 0 Å². The van der Waals surface area contributed by atoms with E-state index < -0.39 is 0 Å². The molecular weight excluding hydrogens is 394 g/mol. The van der Waals surface area contributed by atoms with Gasteiger partial charge in [-0.15, -0.1) is 11.8 Å². The molecule has 98 valence electrons. The van der Waals surface area contributed by atoms with Crippen LogP contribution in [-0.2, 0) is 5.75 Å². The third kappa shape index (κ3) is 3.81. The Labute approximate surface area is 131 Å². The minimum absolute atomic E-state index is 0.104. The average molecular weight is 403 g/mol. The fourth-order valence-corrected chi connectivity index (χ4v) is 3.77. The van der Waals surface area contributed by atoms with Crippen LogP contribution >= 0.6 is 43.6 Å². The molecule has 0 aliphatic rings. The number of nitro benzene ring substituents is 1. The summed E-state index contributed by atoms with van der Waals surface area (Å²) in [6, 6.07) is 13.1. The number of thioether (sulfide) groups is 1. The van der Waals surface area contributed by atoms with Gasteiger partial charge in [0.2, 0.25) is 0 Å². The predicted octanol–water partition coefficient (Wildman–Crippen LogP) is 5.41. The fraction of sp³-hybridized carbons (Fsp3) is 0.0769. The predicted molar refractivity (Wildman–Crippen MR) is 84.5 cm³/mol. The smallest absolute Gasteiger partial charge is 0.258 e. The van der Waals surface area contributed by atoms with Crippen molar-refractivity contribution in [3.05, 3.63) is 67.1 Å². The van der Waals surface area contributed by atoms with Crippen LogP contribution in [0.25, 0.3) is 0 Å². The Balaban J connectivity index is 2.16. The quantitative estimate of drug-likeness (QED) is 0.390. The van der Waals surface area contributed by atoms with Crippen molar-refractivity contribution in [2.45, 2.75) is 10.6 Å². The molecule has 0 radical (unpaired) electrons. The Morgan fingerprint density at radius 3 is 2.58 bits per heavy atom. The minimum atomic E-state index is -0.378. The second kappa shape index (κ2) is 6.54. The summed E-state index contributed by atoms with van der Waals surface area (Å²) in [5.74, 6) is 0.679. The highest BCUT2D eigenvalue weighted by atomic mass is 79.9. The third-order valence-corrected chi connectivity index (χ3v) is 4.90. The van der Waals surface area contributed by atoms with Crippen molar-refractivity contribution in [2.75, 3.05) is 0 Å². The van der Waals surface area contributed by atoms with Crippen LogP contribution in [0.5, 0.6) is 0 Å². The summed E-state index contributed by atoms with van der Waals surface area (Å²) in [6.45, 7) is 0. The van der Waals surface area contributed by atoms with Crippen molar-refractivity contribution < 1.29 is 4.92 Å². The van der Waals surface area contributed by atoms with Gasteiger partial charge in [0.15, 0.2) is 0 Å². The summed E-state index contributed by atoms with van der Waals surface area (Å²) in [5.41, 5.74) is 1.02. The first kappa shape index (κ1) is 14.6. The number of rotatable bonds is 4. The number of hydrogen-bond acceptors (Lipinski definition) is 3. The Morgan fingerprint density at radius 1 is 1.16 bits per heavy atom. The molecular formula is C13H9Br2NO2S. The van der Waals surface area contributed by atoms with Crippen molar-refractivity contribution in [3.8, 4) is 0 Å². The summed E-state index contributed by atoms with van der Waals surface area (Å²) in [4.78, 5) is 11.6. The van der Waals surface area contributed by atoms with Crippen molar-refractivity contribution >= 4 is 49.3 Å². The maximum atomic E-state index is 10.9. The highest BCUT2D eigenvalue weighted by Gasteiger charge is 2.14. The van der Waals surface area contributed by atoms with Gasteiger partial charge in [-0.05, 0) is 39.7 Å². The first-order valence-corrected chi connectivity index (χ1v) is 7.95. The standard InChI is InChI=1S/C13H9Br2NO2S/c14-10-4-2-5-11(7-10)19-8-9-3-1-6-12(13(9)15)16(17)18/h1-7H,8H2. The molecule has 2 aromatic rings. The SMILES string of the molecule is O=[N+]([O-])c1cccc(CSc2cccc(Br)c2)c1Br. The summed E-state index contributed by atoms with van der Waals surface area (Å²) < 4.78 is 1.58. The average Bonchev–Trinajstić information content (AvgIpc) is 2.37. The zero-order chi connectivity index (χ0) is 13.8. The Kier molecular flexibility index (Phi) is 5.01. The van der Waals surface area contributed by atoms with Gasteiger partial charge in [-0.3, -0.25) is 10.1 Å². The first-order valence-electron chi connectivity index (χ1n) is 5.38. The van der Waals surface area contributed by atoms with Crippen LogP contribution in [0.2, 0.25) is 0 Å². The highest BCUT2D eigenvalue weighted by Crippen LogP contribution is 2.33. The number of nitro groups is 1. The van der Waals surface area contributed by atoms with E-state index in [0.29, 0.717) is 10.2 Å². The Hall–Kier alpha value is -0.850. The number of halogens is 2. The second-order valence-corrected chi connectivity index (χ2v) is 6.51. The molecule has 0 unspecified atom stereocenters. The molecule has 0 aromatic heterocycles. The van der Waals surface area contributed by atoms with Crippen LogP contribution < -0.4 is 0 Å². The van der Waals surface area contributed by atoms with E-state index in [4.69, 9.17) is 0 Å². The zero-order valence-electron chi connectivity index (χ0n) is 9.68. The van der Waals surface area contributed by atoms with E-state index in [1.54, 1.807) is 17.8 Å². The van der Waals surface area contributed by atoms with Crippen LogP contribution in [0.15, 0.2) is 56.3 Å². The molecule has 2 aromatic carbocycles. The van der Waals surface area contributed by atoms with Crippen LogP contribution in [0.4, 0.5) is 5.69 Å². The highest BCUT2D eigenvalue weighted by molar-refractivity contribution is 9.11. The molecule has 0 aliphatic heterocycles. The molecule has 19 heavy (non-hydrogen) atoms. The van der Waals surface area contributed by atoms with Gasteiger partial charge >= 0.3 is 0 Å². The summed E-state index contributed by atoms with van der Waals surface area (Å²) >= 11 is 8.37. The van der Waals surface area contributed by atoms with Gasteiger partial charge in [0.1, 0.15) is 0 Å². The van der Waals surface area contributed by atoms with E-state index in [1.165, 1.54) is 6.07 Å². The molecule has 0 bridgehead atoms. The van der Waals surface area contributed by atoms with Gasteiger partial charge in [-0.1, -0.05) is 34.1 Å². The molecule has 0 saturated carbocycles. The summed E-state index contributed by atoms with van der Waals surface area (Å²) in [7, 11) is 0. The van der Waals surface area contributed by atoms with E-state index in [2.05, 4.69) is 31.9 Å². The van der Waals surface area contributed by atoms with Crippen LogP contribution in [0.1, 0.15) is 5.56 Å². The van der Waals surface area contributed by atoms with Crippen molar-refractivity contribution in [3.63, 3.8) is 0 Å². The van der Waals surface area contributed by atoms with Gasteiger partial charge < -0.3 is 0 Å². The first-order chi connectivity index (χ1) is 9.08. The Bertz CT molecular complexity index is 619. The van der Waals surface area contributed by atoms with Crippen molar-refractivity contribution in [1.29, 1.82) is 0 Å². The third-order valence-electron chi connectivity index (χ3n) is 2.45. The molecule has 0 aliphatic carbocycles. The van der Waals surface area contributed by atoms with Gasteiger partial charge in [0.25, 0.3) is 5.69 Å². The maximum absolute atomic E-state index is 10.9. The molecule has 0 amide bonds. The van der Waals surface area contributed by atoms with Gasteiger partial charge in [-0.25, -0.2) is 0 Å². The lowest BCUT2D eigenvalue weighted by atomic mass is 10.2. The van der Waals surface area contributed by atoms with E-state index in [9.17, 15) is 10.1 Å². The largest absolute Gasteiger partial charge is 0.283 e. The molecule has 3 nitrogen and oxygen atoms in total. The minimum Gasteiger partial charge on any atom is -0.258 e. The number of hydrogen-bond donors (Lipinski definition) is 0. The fourth-order valence-electron chi connectivity index (χ4n) is 1.54. The van der Waals surface area contributed by atoms with Crippen molar-refractivity contribution in [2.24, 2.45) is 0 Å². The summed E-state index contributed by atoms with van der Waals surface area (Å²) in [6.07, 6.45) is 0. The monoisotopic (exact) mass is 401 g/mol. The molecule has 0 saturated heterocycles. The maximum Gasteiger partial charge on any atom is 0.283 e. The van der Waals surface area contributed by atoms with Crippen LogP contribution in [-0.4, -0.2) is 4.92 Å². The normalized spacial score (nSPS) is 10.4. The molecule has 0 N–H and O–H groups in total. The number of nitrogens with zero attached hydrogens (tertiary/aromatic N) is 1. The summed E-state index contributed by atoms with van der Waals surface area (Å²) in [5, 5.41) is 10.9. The molecule has 0 fully saturated rings. The van der Waals surface area contributed by atoms with E-state index in [1.807, 2.05) is 30.3 Å². The zero-order valence-corrected chi connectivity index (χ0v) is 13.7. The lowest BCUT2D eigenvalue weighted by Gasteiger charge is -2.05. The molecule has 0 spiro atoms. The van der Waals surface area contributed by atoms with Gasteiger partial charge in [0.05, 0.1) is 9.40 Å². The van der Waals surface area contributed by atoms with Crippen LogP contribution in [0.3, 0.4) is 0 Å². The number of benzene rings is 2. The second-order valence-electron chi connectivity index (χ2n) is 3.75. The lowest BCUT2D eigenvalue weighted by Crippen LogP contribution is -1.92. The van der Waals surface area contributed by atoms with E-state index in [0.717, 1.165) is 14.9 Å². The molecule has 6 heteroatoms. The molecule has 2 rings (SSSR count). The van der Waals surface area contributed by atoms with Crippen LogP contribution in [0, 0.1) is 10.1 Å². The molecule has 0 heterocycles. The van der Waals surface area contributed by atoms with Crippen molar-refractivity contribution in [1.82, 2.24) is 0 Å². The van der Waals surface area contributed by atoms with E-state index in [-0.39, 0.29) is 10.6 Å². The van der Waals surface area contributed by atoms with Gasteiger partial charge in [0, 0.05) is 21.2 Å².